The number of methoxy groups -OCH3 is 3. The van der Waals surface area contributed by atoms with Gasteiger partial charge in [0.25, 0.3) is 46.0 Å². The second-order valence-electron chi connectivity index (χ2n) is 17.8. The van der Waals surface area contributed by atoms with E-state index < -0.39 is 168 Å². The number of aliphatic hydroxyl groups is 4. The highest BCUT2D eigenvalue weighted by atomic mass is 32.2. The van der Waals surface area contributed by atoms with Crippen LogP contribution in [0.25, 0.3) is 16.5 Å². The molecule has 0 amide bonds. The molecule has 0 saturated carbocycles. The molecule has 0 radical (unpaired) electrons. The fourth-order valence-corrected chi connectivity index (χ4v) is 10.8. The highest BCUT2D eigenvalue weighted by Crippen LogP contribution is 2.48. The number of hydrogen-bond acceptors (Lipinski definition) is 29. The zero-order chi connectivity index (χ0) is 65.5. The van der Waals surface area contributed by atoms with Gasteiger partial charge >= 0.3 is 5.97 Å². The molecule has 0 fully saturated rings. The molecular weight excluding hydrogens is 1270 g/mol. The van der Waals surface area contributed by atoms with E-state index in [1.165, 1.54) is 33.3 Å². The normalized spacial score (nSPS) is 12.9. The van der Waals surface area contributed by atoms with Crippen LogP contribution in [0.2, 0.25) is 0 Å². The van der Waals surface area contributed by atoms with Crippen molar-refractivity contribution in [1.82, 2.24) is 9.78 Å². The number of aromatic nitrogens is 2. The van der Waals surface area contributed by atoms with E-state index in [4.69, 9.17) is 28.4 Å². The van der Waals surface area contributed by atoms with Crippen LogP contribution < -0.4 is 34.0 Å². The zero-order valence-electron chi connectivity index (χ0n) is 45.9. The zero-order valence-corrected chi connectivity index (χ0v) is 49.2. The molecule has 0 bridgehead atoms. The summed E-state index contributed by atoms with van der Waals surface area (Å²) < 4.78 is 175. The fourth-order valence-electron chi connectivity index (χ4n) is 7.92. The topological polar surface area (TPSA) is 548 Å². The van der Waals surface area contributed by atoms with E-state index >= 15 is 0 Å². The number of fused-ring (bicyclic) bond motifs is 1. The molecule has 40 heteroatoms. The van der Waals surface area contributed by atoms with Crippen molar-refractivity contribution in [3.63, 3.8) is 0 Å². The van der Waals surface area contributed by atoms with E-state index in [1.807, 2.05) is 0 Å². The van der Waals surface area contributed by atoms with Crippen LogP contribution in [0.15, 0.2) is 138 Å². The minimum absolute atomic E-state index is 0.0168. The summed E-state index contributed by atoms with van der Waals surface area (Å²) in [6, 6.07) is 11.7. The number of aromatic amines is 1. The van der Waals surface area contributed by atoms with Crippen LogP contribution in [-0.4, -0.2) is 165 Å². The van der Waals surface area contributed by atoms with Crippen molar-refractivity contribution < 1.29 is 116 Å². The van der Waals surface area contributed by atoms with Gasteiger partial charge in [0.2, 0.25) is 0 Å². The molecule has 89 heavy (non-hydrogen) atoms. The van der Waals surface area contributed by atoms with Crippen LogP contribution in [0.4, 0.5) is 45.5 Å². The first kappa shape index (κ1) is 67.1. The first-order valence-corrected chi connectivity index (χ1v) is 30.3. The largest absolute Gasteiger partial charge is 0.505 e. The average Bonchev–Trinajstić information content (AvgIpc) is 1.97. The van der Waals surface area contributed by atoms with Gasteiger partial charge in [0.05, 0.1) is 46.8 Å². The lowest BCUT2D eigenvalue weighted by Gasteiger charge is -2.15. The molecule has 6 aromatic carbocycles. The summed E-state index contributed by atoms with van der Waals surface area (Å²) in [6.45, 7) is -2.18. The lowest BCUT2D eigenvalue weighted by Crippen LogP contribution is -2.21. The maximum atomic E-state index is 14.3. The Bertz CT molecular complexity index is 4590. The molecule has 1 heterocycles. The molecule has 0 aliphatic heterocycles. The van der Waals surface area contributed by atoms with Crippen LogP contribution in [0.5, 0.6) is 40.2 Å². The summed E-state index contributed by atoms with van der Waals surface area (Å²) in [7, 11) is -17.5. The monoisotopic (exact) mass is 1320 g/mol. The number of aromatic hydroxyl groups is 1. The third kappa shape index (κ3) is 15.3. The van der Waals surface area contributed by atoms with Gasteiger partial charge in [-0.25, -0.2) is 9.48 Å². The molecule has 1 atom stereocenters. The Hall–Kier alpha value is -9.46. The molecular formula is C49H48N10O26S4. The first-order valence-electron chi connectivity index (χ1n) is 24.5. The highest BCUT2D eigenvalue weighted by Gasteiger charge is 2.31. The number of benzene rings is 6. The SMILES string of the molecule is COc1ccc(N=Nc2cc(OCCO)c(N=Nc3c(C(=O)O)[nH]n(-c4ccc5c(O)c(N=Nc6cc(OCC(O)CO)c(N=Nc7cc(C)c(S(=O)(=O)O)cc7OC)cc6OC)c(S(=O)(=O)O)cc5c4S(=O)(=O)O)c3=O)cc2OCCO)c(S(=O)(=O)O)c1. The fraction of sp³-hybridized carbons (Fsp3) is 0.224. The number of aryl methyl sites for hydroxylation is 1. The molecule has 0 saturated heterocycles. The smallest absolute Gasteiger partial charge is 0.356 e. The third-order valence-electron chi connectivity index (χ3n) is 11.9. The van der Waals surface area contributed by atoms with Gasteiger partial charge in [0.15, 0.2) is 17.1 Å². The van der Waals surface area contributed by atoms with Crippen molar-refractivity contribution >= 4 is 103 Å². The van der Waals surface area contributed by atoms with E-state index in [9.17, 15) is 92.1 Å². The third-order valence-corrected chi connectivity index (χ3v) is 15.6. The second-order valence-corrected chi connectivity index (χ2v) is 23.3. The number of H-pyrrole nitrogens is 1. The molecule has 0 aliphatic carbocycles. The molecule has 0 spiro atoms. The maximum absolute atomic E-state index is 14.3. The number of ether oxygens (including phenoxy) is 6. The van der Waals surface area contributed by atoms with E-state index in [0.29, 0.717) is 6.07 Å². The summed E-state index contributed by atoms with van der Waals surface area (Å²) >= 11 is 0. The van der Waals surface area contributed by atoms with E-state index in [2.05, 4.69) is 46.0 Å². The van der Waals surface area contributed by atoms with Crippen LogP contribution >= 0.6 is 0 Å². The predicted molar refractivity (Wildman–Crippen MR) is 302 cm³/mol. The van der Waals surface area contributed by atoms with Gasteiger partial charge in [-0.15, -0.1) is 40.9 Å². The van der Waals surface area contributed by atoms with Crippen molar-refractivity contribution in [2.75, 3.05) is 61.0 Å². The first-order chi connectivity index (χ1) is 41.9. The van der Waals surface area contributed by atoms with Crippen LogP contribution in [0.1, 0.15) is 16.1 Å². The highest BCUT2D eigenvalue weighted by molar-refractivity contribution is 7.87. The summed E-state index contributed by atoms with van der Waals surface area (Å²) in [5.74, 6) is -4.58. The van der Waals surface area contributed by atoms with Gasteiger partial charge in [-0.05, 0) is 48.9 Å². The number of nitrogens with one attached hydrogen (secondary N) is 1. The molecule has 36 nitrogen and oxygen atoms in total. The summed E-state index contributed by atoms with van der Waals surface area (Å²) in [6.07, 6.45) is -1.49. The van der Waals surface area contributed by atoms with Gasteiger partial charge < -0.3 is 59.1 Å². The number of aromatic carboxylic acids is 1. The number of phenols is 1. The van der Waals surface area contributed by atoms with Crippen molar-refractivity contribution in [2.24, 2.45) is 40.9 Å². The maximum Gasteiger partial charge on any atom is 0.356 e. The molecule has 7 aromatic rings. The molecule has 1 unspecified atom stereocenters. The number of hydrogen-bond donors (Lipinski definition) is 11. The number of nitrogens with zero attached hydrogens (tertiary/aromatic N) is 9. The number of carbonyl (C=O) groups is 1. The lowest BCUT2D eigenvalue weighted by molar-refractivity contribution is 0.0538. The standard InChI is InChI=1S/C49H48N10O26S4/c1-23-13-29(36(82-4)20-40(23)86(68,69)70)51-53-31-16-35(81-3)30(17-39(31)85-22-24(63)21-62)54-56-43-42(88(74,75)76)15-27-26(46(43)64)6-8-34(47(27)89(77,78)79)59-48(65)44(45(58-59)49(66)67)57-55-33-19-37(83-11-9-60)32(18-38(33)84-12-10-61)52-50-28-7-5-25(80-2)14-41(28)87(71,72)73/h5-8,13-20,24,58,60-64H,9-12,21-22H2,1-4H3,(H,66,67)(H,68,69,70)(H,71,72,73)(H,74,75,76)(H,77,78,79). The van der Waals surface area contributed by atoms with Gasteiger partial charge in [0.1, 0.15) is 120 Å². The lowest BCUT2D eigenvalue weighted by atomic mass is 10.1. The number of phenolic OH excluding ortho intramolecular Hbond substituents is 1. The Morgan fingerprint density at radius 2 is 1.03 bits per heavy atom. The van der Waals surface area contributed by atoms with Gasteiger partial charge in [-0.2, -0.15) is 33.7 Å². The summed E-state index contributed by atoms with van der Waals surface area (Å²) in [5, 5.41) is 92.8. The summed E-state index contributed by atoms with van der Waals surface area (Å²) in [5.41, 5.74) is -7.57. The molecule has 7 rings (SSSR count). The van der Waals surface area contributed by atoms with Gasteiger partial charge in [-0.3, -0.25) is 28.1 Å². The molecule has 474 valence electrons. The Morgan fingerprint density at radius 1 is 0.551 bits per heavy atom. The number of carboxylic acid groups (broad SMARTS) is 1. The Balaban J connectivity index is 1.35. The second kappa shape index (κ2) is 27.3. The number of carboxylic acids is 1. The van der Waals surface area contributed by atoms with Crippen LogP contribution in [-0.2, 0) is 40.5 Å². The van der Waals surface area contributed by atoms with Crippen molar-refractivity contribution in [3.05, 3.63) is 94.4 Å². The number of rotatable bonds is 27. The Morgan fingerprint density at radius 3 is 1.53 bits per heavy atom. The molecule has 11 N–H and O–H groups in total. The number of azo groups is 4. The minimum Gasteiger partial charge on any atom is -0.505 e. The van der Waals surface area contributed by atoms with Crippen molar-refractivity contribution in [3.8, 4) is 45.9 Å². The Kier molecular flexibility index (Phi) is 20.6. The number of aliphatic hydroxyl groups excluding tert-OH is 4. The Labute approximate surface area is 500 Å². The van der Waals surface area contributed by atoms with Crippen molar-refractivity contribution in [2.45, 2.75) is 32.6 Å². The van der Waals surface area contributed by atoms with Gasteiger partial charge in [-0.1, -0.05) is 0 Å². The quantitative estimate of drug-likeness (QED) is 0.0202. The van der Waals surface area contributed by atoms with E-state index in [1.54, 1.807) is 0 Å². The predicted octanol–water partition coefficient (Wildman–Crippen LogP) is 6.18. The van der Waals surface area contributed by atoms with Crippen molar-refractivity contribution in [1.29, 1.82) is 0 Å². The van der Waals surface area contributed by atoms with Crippen LogP contribution in [0.3, 0.4) is 0 Å². The average molecular weight is 1320 g/mol. The van der Waals surface area contributed by atoms with Crippen LogP contribution in [0, 0.1) is 6.92 Å². The van der Waals surface area contributed by atoms with E-state index in [0.717, 1.165) is 61.7 Å². The van der Waals surface area contributed by atoms with E-state index in [-0.39, 0.29) is 67.5 Å². The summed E-state index contributed by atoms with van der Waals surface area (Å²) in [4.78, 5) is 22.9. The minimum atomic E-state index is -5.76. The molecule has 0 aliphatic rings. The van der Waals surface area contributed by atoms with Gasteiger partial charge in [0, 0.05) is 47.2 Å². The molecule has 1 aromatic heterocycles.